The number of hydrogen-bond acceptors (Lipinski definition) is 6. The summed E-state index contributed by atoms with van der Waals surface area (Å²) in [5.41, 5.74) is 0.0607. The molecule has 1 aromatic heterocycles. The van der Waals surface area contributed by atoms with Gasteiger partial charge in [-0.2, -0.15) is 4.98 Å². The highest BCUT2D eigenvalue weighted by molar-refractivity contribution is 5.45. The number of ether oxygens (including phenoxy) is 1. The van der Waals surface area contributed by atoms with Crippen molar-refractivity contribution in [1.82, 2.24) is 9.97 Å². The van der Waals surface area contributed by atoms with Crippen LogP contribution in [0, 0.1) is 22.9 Å². The summed E-state index contributed by atoms with van der Waals surface area (Å²) in [5.74, 6) is -0.377. The van der Waals surface area contributed by atoms with Crippen molar-refractivity contribution < 1.29 is 14.1 Å². The molecule has 0 aliphatic heterocycles. The van der Waals surface area contributed by atoms with Gasteiger partial charge in [0.05, 0.1) is 4.92 Å². The number of halogens is 1. The molecule has 0 unspecified atom stereocenters. The van der Waals surface area contributed by atoms with Crippen molar-refractivity contribution >= 4 is 11.6 Å². The molecule has 0 bridgehead atoms. The van der Waals surface area contributed by atoms with Crippen molar-refractivity contribution in [3.05, 3.63) is 45.9 Å². The van der Waals surface area contributed by atoms with Crippen LogP contribution in [0.25, 0.3) is 0 Å². The lowest BCUT2D eigenvalue weighted by Gasteiger charge is -2.08. The summed E-state index contributed by atoms with van der Waals surface area (Å²) in [6.45, 7) is 3.99. The molecule has 0 saturated heterocycles. The highest BCUT2D eigenvalue weighted by Crippen LogP contribution is 2.30. The Morgan fingerprint density at radius 2 is 2.24 bits per heavy atom. The number of aryl methyl sites for hydroxylation is 1. The standard InChI is InChI=1S/C13H13FN4O3/c1-3-15-13-16-7-11(18(19)20)12(17-13)21-9-5-4-8(2)10(14)6-9/h4-7H,3H2,1-2H3,(H,15,16,17). The molecule has 1 heterocycles. The highest BCUT2D eigenvalue weighted by atomic mass is 19.1. The third-order valence-corrected chi connectivity index (χ3v) is 2.63. The van der Waals surface area contributed by atoms with Gasteiger partial charge in [-0.15, -0.1) is 0 Å². The molecule has 2 rings (SSSR count). The van der Waals surface area contributed by atoms with Crippen molar-refractivity contribution in [2.24, 2.45) is 0 Å². The Hall–Kier alpha value is -2.77. The lowest BCUT2D eigenvalue weighted by Crippen LogP contribution is -2.05. The summed E-state index contributed by atoms with van der Waals surface area (Å²) >= 11 is 0. The van der Waals surface area contributed by atoms with E-state index in [1.165, 1.54) is 12.1 Å². The molecule has 1 aromatic carbocycles. The molecular weight excluding hydrogens is 279 g/mol. The molecule has 0 aliphatic rings. The van der Waals surface area contributed by atoms with Crippen molar-refractivity contribution in [2.45, 2.75) is 13.8 Å². The van der Waals surface area contributed by atoms with Gasteiger partial charge in [0.1, 0.15) is 17.8 Å². The molecule has 0 aliphatic carbocycles. The smallest absolute Gasteiger partial charge is 0.349 e. The van der Waals surface area contributed by atoms with Gasteiger partial charge >= 0.3 is 11.6 Å². The number of anilines is 1. The van der Waals surface area contributed by atoms with Crippen LogP contribution in [0.15, 0.2) is 24.4 Å². The van der Waals surface area contributed by atoms with Gasteiger partial charge in [-0.25, -0.2) is 9.37 Å². The number of nitrogens with zero attached hydrogens (tertiary/aromatic N) is 3. The van der Waals surface area contributed by atoms with E-state index in [4.69, 9.17) is 4.74 Å². The number of hydrogen-bond donors (Lipinski definition) is 1. The monoisotopic (exact) mass is 292 g/mol. The molecular formula is C13H13FN4O3. The fraction of sp³-hybridized carbons (Fsp3) is 0.231. The minimum atomic E-state index is -0.657. The average molecular weight is 292 g/mol. The van der Waals surface area contributed by atoms with Crippen molar-refractivity contribution in [2.75, 3.05) is 11.9 Å². The summed E-state index contributed by atoms with van der Waals surface area (Å²) in [6.07, 6.45) is 1.05. The summed E-state index contributed by atoms with van der Waals surface area (Å²) in [6, 6.07) is 4.17. The zero-order valence-electron chi connectivity index (χ0n) is 11.5. The maximum Gasteiger partial charge on any atom is 0.349 e. The molecule has 7 nitrogen and oxygen atoms in total. The van der Waals surface area contributed by atoms with Crippen LogP contribution in [-0.4, -0.2) is 21.4 Å². The van der Waals surface area contributed by atoms with Crippen LogP contribution in [-0.2, 0) is 0 Å². The predicted octanol–water partition coefficient (Wildman–Crippen LogP) is 3.06. The third kappa shape index (κ3) is 3.41. The molecule has 8 heteroatoms. The second-order valence-electron chi connectivity index (χ2n) is 4.18. The second kappa shape index (κ2) is 6.12. The van der Waals surface area contributed by atoms with Crippen LogP contribution in [0.3, 0.4) is 0 Å². The number of aromatic nitrogens is 2. The zero-order chi connectivity index (χ0) is 15.4. The molecule has 21 heavy (non-hydrogen) atoms. The van der Waals surface area contributed by atoms with Gasteiger partial charge in [0.25, 0.3) is 0 Å². The molecule has 0 radical (unpaired) electrons. The van der Waals surface area contributed by atoms with Gasteiger partial charge in [0.2, 0.25) is 5.95 Å². The lowest BCUT2D eigenvalue weighted by atomic mass is 10.2. The quantitative estimate of drug-likeness (QED) is 0.672. The first-order valence-electron chi connectivity index (χ1n) is 6.20. The predicted molar refractivity (Wildman–Crippen MR) is 74.1 cm³/mol. The Labute approximate surface area is 120 Å². The largest absolute Gasteiger partial charge is 0.433 e. The van der Waals surface area contributed by atoms with Crippen molar-refractivity contribution in [3.63, 3.8) is 0 Å². The maximum atomic E-state index is 13.5. The number of nitro groups is 1. The first-order valence-corrected chi connectivity index (χ1v) is 6.20. The number of nitrogens with one attached hydrogen (secondary N) is 1. The van der Waals surface area contributed by atoms with Gasteiger partial charge in [0.15, 0.2) is 0 Å². The minimum absolute atomic E-state index is 0.127. The molecule has 0 atom stereocenters. The summed E-state index contributed by atoms with van der Waals surface area (Å²) in [7, 11) is 0. The zero-order valence-corrected chi connectivity index (χ0v) is 11.5. The number of benzene rings is 1. The molecule has 110 valence electrons. The van der Waals surface area contributed by atoms with Gasteiger partial charge < -0.3 is 10.1 Å². The SMILES string of the molecule is CCNc1ncc([N+](=O)[O-])c(Oc2ccc(C)c(F)c2)n1. The Kier molecular flexibility index (Phi) is 4.27. The molecule has 0 fully saturated rings. The van der Waals surface area contributed by atoms with E-state index in [1.807, 2.05) is 6.92 Å². The van der Waals surface area contributed by atoms with E-state index in [2.05, 4.69) is 15.3 Å². The third-order valence-electron chi connectivity index (χ3n) is 2.63. The van der Waals surface area contributed by atoms with Crippen LogP contribution >= 0.6 is 0 Å². The lowest BCUT2D eigenvalue weighted by molar-refractivity contribution is -0.386. The minimum Gasteiger partial charge on any atom is -0.433 e. The molecule has 1 N–H and O–H groups in total. The van der Waals surface area contributed by atoms with Crippen molar-refractivity contribution in [1.29, 1.82) is 0 Å². The number of rotatable bonds is 5. The van der Waals surface area contributed by atoms with Gasteiger partial charge in [-0.3, -0.25) is 10.1 Å². The Balaban J connectivity index is 2.37. The van der Waals surface area contributed by atoms with Crippen LogP contribution in [0.4, 0.5) is 16.0 Å². The van der Waals surface area contributed by atoms with E-state index in [-0.39, 0.29) is 17.6 Å². The average Bonchev–Trinajstić information content (AvgIpc) is 2.43. The van der Waals surface area contributed by atoms with E-state index < -0.39 is 16.4 Å². The van der Waals surface area contributed by atoms with Crippen molar-refractivity contribution in [3.8, 4) is 11.6 Å². The van der Waals surface area contributed by atoms with Gasteiger partial charge in [-0.1, -0.05) is 6.07 Å². The molecule has 2 aromatic rings. The molecule has 0 amide bonds. The van der Waals surface area contributed by atoms with E-state index in [0.29, 0.717) is 12.1 Å². The first kappa shape index (κ1) is 14.6. The van der Waals surface area contributed by atoms with E-state index in [0.717, 1.165) is 12.3 Å². The van der Waals surface area contributed by atoms with E-state index >= 15 is 0 Å². The Bertz CT molecular complexity index is 678. The van der Waals surface area contributed by atoms with E-state index in [1.54, 1.807) is 6.92 Å². The molecule has 0 saturated carbocycles. The molecule has 0 spiro atoms. The normalized spacial score (nSPS) is 10.2. The Morgan fingerprint density at radius 3 is 2.86 bits per heavy atom. The van der Waals surface area contributed by atoms with E-state index in [9.17, 15) is 14.5 Å². The topological polar surface area (TPSA) is 90.2 Å². The van der Waals surface area contributed by atoms with Gasteiger partial charge in [-0.05, 0) is 25.5 Å². The summed E-state index contributed by atoms with van der Waals surface area (Å²) < 4.78 is 18.8. The summed E-state index contributed by atoms with van der Waals surface area (Å²) in [4.78, 5) is 18.0. The highest BCUT2D eigenvalue weighted by Gasteiger charge is 2.20. The maximum absolute atomic E-state index is 13.5. The van der Waals surface area contributed by atoms with Gasteiger partial charge in [0, 0.05) is 12.6 Å². The Morgan fingerprint density at radius 1 is 1.48 bits per heavy atom. The van der Waals surface area contributed by atoms with Crippen LogP contribution in [0.1, 0.15) is 12.5 Å². The second-order valence-corrected chi connectivity index (χ2v) is 4.18. The first-order chi connectivity index (χ1) is 10.0. The van der Waals surface area contributed by atoms with Crippen LogP contribution in [0.5, 0.6) is 11.6 Å². The van der Waals surface area contributed by atoms with Crippen LogP contribution in [0.2, 0.25) is 0 Å². The van der Waals surface area contributed by atoms with Crippen LogP contribution < -0.4 is 10.1 Å². The fourth-order valence-electron chi connectivity index (χ4n) is 1.55. The summed E-state index contributed by atoms with van der Waals surface area (Å²) in [5, 5.41) is 13.8. The fourth-order valence-corrected chi connectivity index (χ4v) is 1.55.